The summed E-state index contributed by atoms with van der Waals surface area (Å²) in [6.07, 6.45) is 11.8. The Balaban J connectivity index is 1.86. The molecule has 2 nitrogen and oxygen atoms in total. The summed E-state index contributed by atoms with van der Waals surface area (Å²) in [6, 6.07) is 21.5. The van der Waals surface area contributed by atoms with Crippen molar-refractivity contribution >= 4 is 0 Å². The van der Waals surface area contributed by atoms with Crippen molar-refractivity contribution in [2.24, 2.45) is 0 Å². The van der Waals surface area contributed by atoms with Gasteiger partial charge in [-0.1, -0.05) is 36.1 Å². The van der Waals surface area contributed by atoms with E-state index in [-0.39, 0.29) is 0 Å². The zero-order chi connectivity index (χ0) is 24.5. The minimum Gasteiger partial charge on any atom is -0.493 e. The van der Waals surface area contributed by atoms with Crippen molar-refractivity contribution in [1.82, 2.24) is 0 Å². The van der Waals surface area contributed by atoms with Gasteiger partial charge in [-0.05, 0) is 106 Å². The summed E-state index contributed by atoms with van der Waals surface area (Å²) in [6.45, 7) is 4.33. The number of hydrogen-bond acceptors (Lipinski definition) is 2. The van der Waals surface area contributed by atoms with Crippen molar-refractivity contribution in [3.05, 3.63) is 105 Å². The van der Waals surface area contributed by atoms with Crippen LogP contribution in [0.1, 0.15) is 44.5 Å². The van der Waals surface area contributed by atoms with Gasteiger partial charge in [-0.25, -0.2) is 0 Å². The van der Waals surface area contributed by atoms with Gasteiger partial charge in [0.15, 0.2) is 11.5 Å². The fourth-order valence-corrected chi connectivity index (χ4v) is 5.99. The Labute approximate surface area is 206 Å². The van der Waals surface area contributed by atoms with Gasteiger partial charge in [0.2, 0.25) is 0 Å². The SMILES string of the molecule is C#Cc1ccc2c(c1)C1(c3cc(C#C)ccc3-c3cc(OC)c(OC)cc31)c1cc(C)c(C)cc1-2. The van der Waals surface area contributed by atoms with Crippen LogP contribution in [0.5, 0.6) is 11.5 Å². The Hall–Kier alpha value is -4.40. The lowest BCUT2D eigenvalue weighted by atomic mass is 9.69. The number of aryl methyl sites for hydroxylation is 2. The van der Waals surface area contributed by atoms with Crippen LogP contribution in [0.4, 0.5) is 0 Å². The molecular formula is C33H24O2. The van der Waals surface area contributed by atoms with Crippen LogP contribution in [-0.2, 0) is 5.41 Å². The van der Waals surface area contributed by atoms with E-state index in [0.717, 1.165) is 33.4 Å². The lowest BCUT2D eigenvalue weighted by Crippen LogP contribution is -2.26. The smallest absolute Gasteiger partial charge is 0.161 e. The van der Waals surface area contributed by atoms with E-state index in [9.17, 15) is 0 Å². The van der Waals surface area contributed by atoms with E-state index in [1.807, 2.05) is 12.1 Å². The highest BCUT2D eigenvalue weighted by Crippen LogP contribution is 2.64. The first-order chi connectivity index (χ1) is 17.0. The third-order valence-electron chi connectivity index (χ3n) is 7.73. The zero-order valence-electron chi connectivity index (χ0n) is 20.2. The molecule has 0 aromatic heterocycles. The Morgan fingerprint density at radius 3 is 1.57 bits per heavy atom. The summed E-state index contributed by atoms with van der Waals surface area (Å²) in [7, 11) is 3.35. The first-order valence-corrected chi connectivity index (χ1v) is 11.6. The first kappa shape index (κ1) is 21.2. The molecule has 2 aliphatic rings. The lowest BCUT2D eigenvalue weighted by molar-refractivity contribution is 0.354. The van der Waals surface area contributed by atoms with Crippen LogP contribution in [0.3, 0.4) is 0 Å². The van der Waals surface area contributed by atoms with Gasteiger partial charge in [-0.15, -0.1) is 12.8 Å². The third kappa shape index (κ3) is 2.57. The van der Waals surface area contributed by atoms with Crippen molar-refractivity contribution in [3.8, 4) is 58.4 Å². The Morgan fingerprint density at radius 1 is 0.571 bits per heavy atom. The Bertz CT molecular complexity index is 1660. The fourth-order valence-electron chi connectivity index (χ4n) is 5.99. The van der Waals surface area contributed by atoms with Gasteiger partial charge in [0.05, 0.1) is 19.6 Å². The Morgan fingerprint density at radius 2 is 1.03 bits per heavy atom. The second-order valence-corrected chi connectivity index (χ2v) is 9.29. The van der Waals surface area contributed by atoms with Crippen LogP contribution < -0.4 is 9.47 Å². The number of terminal acetylenes is 2. The van der Waals surface area contributed by atoms with E-state index in [2.05, 4.69) is 74.2 Å². The average molecular weight is 453 g/mol. The molecule has 1 atom stereocenters. The highest BCUT2D eigenvalue weighted by molar-refractivity contribution is 5.96. The van der Waals surface area contributed by atoms with E-state index >= 15 is 0 Å². The number of ether oxygens (including phenoxy) is 2. The molecule has 4 aromatic carbocycles. The van der Waals surface area contributed by atoms with Gasteiger partial charge in [-0.2, -0.15) is 0 Å². The standard InChI is InChI=1S/C33H24O2/c1-7-21-9-11-23-25-13-19(3)20(4)14-27(25)33(28(23)15-21)29-16-22(8-2)10-12-24(29)26-17-31(34-5)32(35-6)18-30(26)33/h1-2,9-18H,3-6H3. The molecule has 1 unspecified atom stereocenters. The van der Waals surface area contributed by atoms with Crippen LogP contribution >= 0.6 is 0 Å². The minimum absolute atomic E-state index is 0.562. The molecule has 0 amide bonds. The quantitative estimate of drug-likeness (QED) is 0.275. The van der Waals surface area contributed by atoms with Crippen molar-refractivity contribution in [2.45, 2.75) is 19.3 Å². The molecule has 0 fully saturated rings. The average Bonchev–Trinajstić information content (AvgIpc) is 3.32. The first-order valence-electron chi connectivity index (χ1n) is 11.6. The van der Waals surface area contributed by atoms with Crippen molar-refractivity contribution < 1.29 is 9.47 Å². The minimum atomic E-state index is -0.562. The molecule has 6 rings (SSSR count). The van der Waals surface area contributed by atoms with E-state index < -0.39 is 5.41 Å². The molecule has 0 saturated carbocycles. The lowest BCUT2D eigenvalue weighted by Gasteiger charge is -2.31. The third-order valence-corrected chi connectivity index (χ3v) is 7.73. The van der Waals surface area contributed by atoms with E-state index in [0.29, 0.717) is 11.5 Å². The molecule has 35 heavy (non-hydrogen) atoms. The van der Waals surface area contributed by atoms with Crippen molar-refractivity contribution in [2.75, 3.05) is 14.2 Å². The number of benzene rings is 4. The van der Waals surface area contributed by atoms with E-state index in [4.69, 9.17) is 22.3 Å². The van der Waals surface area contributed by atoms with Gasteiger partial charge < -0.3 is 9.47 Å². The molecule has 0 bridgehead atoms. The monoisotopic (exact) mass is 452 g/mol. The number of fused-ring (bicyclic) bond motifs is 10. The number of hydrogen-bond donors (Lipinski definition) is 0. The molecule has 2 heteroatoms. The van der Waals surface area contributed by atoms with Gasteiger partial charge in [-0.3, -0.25) is 0 Å². The molecule has 0 saturated heterocycles. The van der Waals surface area contributed by atoms with Gasteiger partial charge in [0.25, 0.3) is 0 Å². The molecule has 168 valence electrons. The van der Waals surface area contributed by atoms with Gasteiger partial charge in [0, 0.05) is 11.1 Å². The maximum atomic E-state index is 5.89. The second-order valence-electron chi connectivity index (χ2n) is 9.29. The molecule has 0 aliphatic heterocycles. The van der Waals surface area contributed by atoms with Crippen LogP contribution in [0.2, 0.25) is 0 Å². The summed E-state index contributed by atoms with van der Waals surface area (Å²) in [4.78, 5) is 0. The molecule has 0 heterocycles. The highest BCUT2D eigenvalue weighted by atomic mass is 16.5. The Kier molecular flexibility index (Phi) is 4.41. The molecule has 4 aromatic rings. The number of methoxy groups -OCH3 is 2. The van der Waals surface area contributed by atoms with Gasteiger partial charge >= 0.3 is 0 Å². The van der Waals surface area contributed by atoms with Crippen LogP contribution in [0, 0.1) is 38.5 Å². The molecule has 2 aliphatic carbocycles. The molecule has 1 spiro atoms. The predicted molar refractivity (Wildman–Crippen MR) is 141 cm³/mol. The summed E-state index contributed by atoms with van der Waals surface area (Å²) < 4.78 is 11.5. The van der Waals surface area contributed by atoms with Gasteiger partial charge in [0.1, 0.15) is 0 Å². The predicted octanol–water partition coefficient (Wildman–Crippen LogP) is 6.63. The van der Waals surface area contributed by atoms with E-state index in [1.54, 1.807) is 14.2 Å². The maximum absolute atomic E-state index is 5.89. The molecule has 0 N–H and O–H groups in total. The number of rotatable bonds is 2. The largest absolute Gasteiger partial charge is 0.493 e. The fraction of sp³-hybridized carbons (Fsp3) is 0.152. The second kappa shape index (κ2) is 7.30. The normalized spacial score (nSPS) is 16.1. The topological polar surface area (TPSA) is 18.5 Å². The van der Waals surface area contributed by atoms with E-state index in [1.165, 1.54) is 33.4 Å². The van der Waals surface area contributed by atoms with Crippen molar-refractivity contribution in [3.63, 3.8) is 0 Å². The molecule has 0 radical (unpaired) electrons. The summed E-state index contributed by atoms with van der Waals surface area (Å²) in [5.74, 6) is 7.09. The molecular weight excluding hydrogens is 428 g/mol. The van der Waals surface area contributed by atoms with Crippen LogP contribution in [-0.4, -0.2) is 14.2 Å². The highest BCUT2D eigenvalue weighted by Gasteiger charge is 2.52. The van der Waals surface area contributed by atoms with Crippen LogP contribution in [0.15, 0.2) is 60.7 Å². The summed E-state index contributed by atoms with van der Waals surface area (Å²) >= 11 is 0. The summed E-state index contributed by atoms with van der Waals surface area (Å²) in [5.41, 5.74) is 13.1. The zero-order valence-corrected chi connectivity index (χ0v) is 20.2. The summed E-state index contributed by atoms with van der Waals surface area (Å²) in [5, 5.41) is 0. The maximum Gasteiger partial charge on any atom is 0.161 e. The van der Waals surface area contributed by atoms with Crippen molar-refractivity contribution in [1.29, 1.82) is 0 Å². The van der Waals surface area contributed by atoms with Crippen LogP contribution in [0.25, 0.3) is 22.3 Å².